The van der Waals surface area contributed by atoms with Gasteiger partial charge in [0.15, 0.2) is 0 Å². The summed E-state index contributed by atoms with van der Waals surface area (Å²) in [6.45, 7) is 15.1. The Balaban J connectivity index is 2.42. The van der Waals surface area contributed by atoms with Crippen molar-refractivity contribution < 1.29 is 23.6 Å². The van der Waals surface area contributed by atoms with Crippen LogP contribution in [0.5, 0.6) is 0 Å². The third kappa shape index (κ3) is 5.93. The van der Waals surface area contributed by atoms with Crippen molar-refractivity contribution in [3.05, 3.63) is 40.9 Å². The molecule has 1 aliphatic rings. The normalized spacial score (nSPS) is 18.5. The van der Waals surface area contributed by atoms with Crippen LogP contribution in [0.2, 0.25) is 0 Å². The first-order chi connectivity index (χ1) is 13.2. The van der Waals surface area contributed by atoms with Crippen molar-refractivity contribution in [3.8, 4) is 0 Å². The van der Waals surface area contributed by atoms with Crippen LogP contribution in [0, 0.1) is 0 Å². The molecule has 1 aromatic rings. The maximum Gasteiger partial charge on any atom is 0.492 e. The summed E-state index contributed by atoms with van der Waals surface area (Å²) in [6.07, 6.45) is 1.83. The van der Waals surface area contributed by atoms with Crippen molar-refractivity contribution in [2.75, 3.05) is 6.54 Å². The van der Waals surface area contributed by atoms with Crippen molar-refractivity contribution in [1.82, 2.24) is 5.32 Å². The Bertz CT molecular complexity index is 792. The SMILES string of the molecule is CC(=O)NCC(=Cc1ccccc1C(=O)OC(C)(C)C)B1OC(C)(C)C(C)(C)O1. The van der Waals surface area contributed by atoms with Gasteiger partial charge in [0.25, 0.3) is 0 Å². The van der Waals surface area contributed by atoms with E-state index in [0.29, 0.717) is 11.1 Å². The highest BCUT2D eigenvalue weighted by Gasteiger charge is 2.52. The number of esters is 1. The molecule has 0 bridgehead atoms. The third-order valence-corrected chi connectivity index (χ3v) is 5.02. The number of rotatable bonds is 5. The molecule has 7 heteroatoms. The predicted molar refractivity (Wildman–Crippen MR) is 114 cm³/mol. The molecule has 0 aliphatic carbocycles. The molecule has 1 N–H and O–H groups in total. The van der Waals surface area contributed by atoms with Crippen LogP contribution in [0.25, 0.3) is 6.08 Å². The lowest BCUT2D eigenvalue weighted by atomic mass is 9.76. The minimum Gasteiger partial charge on any atom is -0.456 e. The Morgan fingerprint density at radius 3 is 2.17 bits per heavy atom. The van der Waals surface area contributed by atoms with Gasteiger partial charge in [0, 0.05) is 13.5 Å². The third-order valence-electron chi connectivity index (χ3n) is 5.02. The largest absolute Gasteiger partial charge is 0.492 e. The standard InChI is InChI=1S/C22H32BNO5/c1-15(25)24-14-17(23-28-21(5,6)22(7,8)29-23)13-16-11-9-10-12-18(16)19(26)27-20(2,3)4/h9-13H,14H2,1-8H3,(H,24,25). The maximum atomic E-state index is 12.7. The molecule has 0 spiro atoms. The number of amides is 1. The Morgan fingerprint density at radius 2 is 1.66 bits per heavy atom. The average molecular weight is 401 g/mol. The first-order valence-corrected chi connectivity index (χ1v) is 9.85. The molecule has 1 fully saturated rings. The summed E-state index contributed by atoms with van der Waals surface area (Å²) in [6, 6.07) is 7.19. The molecule has 1 saturated heterocycles. The van der Waals surface area contributed by atoms with Gasteiger partial charge in [-0.1, -0.05) is 24.3 Å². The van der Waals surface area contributed by atoms with Crippen LogP contribution >= 0.6 is 0 Å². The Labute approximate surface area is 174 Å². The molecule has 1 aliphatic heterocycles. The smallest absolute Gasteiger partial charge is 0.456 e. The molecule has 6 nitrogen and oxygen atoms in total. The highest BCUT2D eigenvalue weighted by atomic mass is 16.7. The van der Waals surface area contributed by atoms with Gasteiger partial charge in [-0.05, 0) is 65.6 Å². The Morgan fingerprint density at radius 1 is 1.10 bits per heavy atom. The van der Waals surface area contributed by atoms with E-state index in [-0.39, 0.29) is 12.5 Å². The van der Waals surface area contributed by atoms with Crippen LogP contribution < -0.4 is 5.32 Å². The molecular weight excluding hydrogens is 369 g/mol. The first kappa shape index (κ1) is 23.2. The highest BCUT2D eigenvalue weighted by Crippen LogP contribution is 2.38. The number of ether oxygens (including phenoxy) is 1. The molecule has 1 aromatic carbocycles. The van der Waals surface area contributed by atoms with E-state index in [2.05, 4.69) is 5.32 Å². The minimum atomic E-state index is -0.640. The van der Waals surface area contributed by atoms with Gasteiger partial charge in [0.2, 0.25) is 5.91 Å². The van der Waals surface area contributed by atoms with Gasteiger partial charge in [-0.15, -0.1) is 0 Å². The number of carbonyl (C=O) groups is 2. The van der Waals surface area contributed by atoms with Crippen LogP contribution in [0.4, 0.5) is 0 Å². The molecule has 158 valence electrons. The summed E-state index contributed by atoms with van der Waals surface area (Å²) in [5.74, 6) is -0.565. The zero-order valence-corrected chi connectivity index (χ0v) is 18.7. The molecule has 29 heavy (non-hydrogen) atoms. The van der Waals surface area contributed by atoms with E-state index in [1.807, 2.05) is 66.7 Å². The number of nitrogens with one attached hydrogen (secondary N) is 1. The van der Waals surface area contributed by atoms with Gasteiger partial charge in [0.05, 0.1) is 16.8 Å². The summed E-state index contributed by atoms with van der Waals surface area (Å²) in [5, 5.41) is 2.80. The molecule has 0 atom stereocenters. The molecular formula is C22H32BNO5. The highest BCUT2D eigenvalue weighted by molar-refractivity contribution is 6.56. The summed E-state index contributed by atoms with van der Waals surface area (Å²) in [4.78, 5) is 24.2. The fourth-order valence-electron chi connectivity index (χ4n) is 2.76. The van der Waals surface area contributed by atoms with Gasteiger partial charge < -0.3 is 19.4 Å². The van der Waals surface area contributed by atoms with Crippen LogP contribution in [0.1, 0.15) is 71.3 Å². The van der Waals surface area contributed by atoms with Crippen molar-refractivity contribution >= 4 is 25.1 Å². The maximum absolute atomic E-state index is 12.7. The summed E-state index contributed by atoms with van der Waals surface area (Å²) >= 11 is 0. The molecule has 0 radical (unpaired) electrons. The number of hydrogen-bond acceptors (Lipinski definition) is 5. The minimum absolute atomic E-state index is 0.159. The van der Waals surface area contributed by atoms with Crippen molar-refractivity contribution in [3.63, 3.8) is 0 Å². The second-order valence-corrected chi connectivity index (χ2v) is 9.31. The van der Waals surface area contributed by atoms with Gasteiger partial charge in [0.1, 0.15) is 5.60 Å². The molecule has 0 saturated carbocycles. The molecule has 1 amide bonds. The zero-order valence-electron chi connectivity index (χ0n) is 18.7. The van der Waals surface area contributed by atoms with E-state index in [1.54, 1.807) is 12.1 Å². The molecule has 0 unspecified atom stereocenters. The lowest BCUT2D eigenvalue weighted by Crippen LogP contribution is -2.41. The van der Waals surface area contributed by atoms with E-state index in [9.17, 15) is 9.59 Å². The fraction of sp³-hybridized carbons (Fsp3) is 0.545. The van der Waals surface area contributed by atoms with Crippen LogP contribution in [0.15, 0.2) is 29.7 Å². The van der Waals surface area contributed by atoms with Crippen LogP contribution in [-0.4, -0.2) is 42.3 Å². The van der Waals surface area contributed by atoms with Crippen LogP contribution in [-0.2, 0) is 18.8 Å². The molecule has 1 heterocycles. The predicted octanol–water partition coefficient (Wildman–Crippen LogP) is 3.79. The average Bonchev–Trinajstić information content (AvgIpc) is 2.77. The van der Waals surface area contributed by atoms with E-state index >= 15 is 0 Å². The van der Waals surface area contributed by atoms with Gasteiger partial charge >= 0.3 is 13.1 Å². The second kappa shape index (κ2) is 8.32. The second-order valence-electron chi connectivity index (χ2n) is 9.31. The lowest BCUT2D eigenvalue weighted by Gasteiger charge is -2.32. The zero-order chi connectivity index (χ0) is 22.0. The van der Waals surface area contributed by atoms with Crippen LogP contribution in [0.3, 0.4) is 0 Å². The summed E-state index contributed by atoms with van der Waals surface area (Å²) in [5.41, 5.74) is 0.208. The number of carbonyl (C=O) groups excluding carboxylic acids is 2. The summed E-state index contributed by atoms with van der Waals surface area (Å²) in [7, 11) is -0.640. The van der Waals surface area contributed by atoms with Gasteiger partial charge in [-0.2, -0.15) is 0 Å². The van der Waals surface area contributed by atoms with Gasteiger partial charge in [-0.3, -0.25) is 4.79 Å². The number of benzene rings is 1. The van der Waals surface area contributed by atoms with Crippen molar-refractivity contribution in [2.24, 2.45) is 0 Å². The van der Waals surface area contributed by atoms with E-state index in [0.717, 1.165) is 5.47 Å². The Hall–Kier alpha value is -2.12. The lowest BCUT2D eigenvalue weighted by molar-refractivity contribution is -0.118. The molecule has 0 aromatic heterocycles. The van der Waals surface area contributed by atoms with Gasteiger partial charge in [-0.25, -0.2) is 4.79 Å². The van der Waals surface area contributed by atoms with E-state index in [4.69, 9.17) is 14.0 Å². The van der Waals surface area contributed by atoms with Crippen molar-refractivity contribution in [2.45, 2.75) is 72.2 Å². The summed E-state index contributed by atoms with van der Waals surface area (Å²) < 4.78 is 17.8. The Kier molecular flexibility index (Phi) is 6.65. The monoisotopic (exact) mass is 401 g/mol. The molecule has 2 rings (SSSR count). The number of hydrogen-bond donors (Lipinski definition) is 1. The quantitative estimate of drug-likeness (QED) is 0.600. The van der Waals surface area contributed by atoms with E-state index in [1.165, 1.54) is 6.92 Å². The fourth-order valence-corrected chi connectivity index (χ4v) is 2.76. The van der Waals surface area contributed by atoms with Crippen molar-refractivity contribution in [1.29, 1.82) is 0 Å². The first-order valence-electron chi connectivity index (χ1n) is 9.85. The van der Waals surface area contributed by atoms with E-state index < -0.39 is 29.9 Å². The topological polar surface area (TPSA) is 73.9 Å².